The first-order chi connectivity index (χ1) is 9.26. The van der Waals surface area contributed by atoms with Gasteiger partial charge in [-0.15, -0.1) is 10.2 Å². The Balaban J connectivity index is 2.15. The van der Waals surface area contributed by atoms with Crippen molar-refractivity contribution in [2.75, 3.05) is 0 Å². The Labute approximate surface area is 119 Å². The maximum Gasteiger partial charge on any atom is 0.165 e. The SMILES string of the molecule is CCCCCc1nnc(C2=CNC(Cl)C=C2)n1CC. The minimum absolute atomic E-state index is 0.134. The molecule has 2 heterocycles. The second kappa shape index (κ2) is 6.75. The fourth-order valence-electron chi connectivity index (χ4n) is 2.20. The summed E-state index contributed by atoms with van der Waals surface area (Å²) in [5.74, 6) is 1.99. The zero-order chi connectivity index (χ0) is 13.7. The Morgan fingerprint density at radius 3 is 2.79 bits per heavy atom. The minimum atomic E-state index is -0.134. The highest BCUT2D eigenvalue weighted by Gasteiger charge is 2.15. The van der Waals surface area contributed by atoms with Gasteiger partial charge in [-0.05, 0) is 19.4 Å². The first-order valence-corrected chi connectivity index (χ1v) is 7.40. The smallest absolute Gasteiger partial charge is 0.165 e. The average Bonchev–Trinajstić information content (AvgIpc) is 2.83. The largest absolute Gasteiger partial charge is 0.371 e. The number of rotatable bonds is 6. The van der Waals surface area contributed by atoms with Crippen molar-refractivity contribution in [3.05, 3.63) is 30.0 Å². The van der Waals surface area contributed by atoms with Gasteiger partial charge >= 0.3 is 0 Å². The van der Waals surface area contributed by atoms with Gasteiger partial charge in [0.15, 0.2) is 5.82 Å². The summed E-state index contributed by atoms with van der Waals surface area (Å²) in [6, 6.07) is 0. The number of alkyl halides is 1. The molecule has 0 aliphatic carbocycles. The highest BCUT2D eigenvalue weighted by Crippen LogP contribution is 2.19. The van der Waals surface area contributed by atoms with Crippen molar-refractivity contribution in [2.45, 2.75) is 51.6 Å². The maximum atomic E-state index is 5.95. The van der Waals surface area contributed by atoms with Crippen LogP contribution >= 0.6 is 11.6 Å². The Morgan fingerprint density at radius 2 is 2.16 bits per heavy atom. The van der Waals surface area contributed by atoms with Crippen molar-refractivity contribution in [1.29, 1.82) is 0 Å². The van der Waals surface area contributed by atoms with E-state index >= 15 is 0 Å². The van der Waals surface area contributed by atoms with E-state index in [1.165, 1.54) is 19.3 Å². The molecule has 4 nitrogen and oxygen atoms in total. The number of allylic oxidation sites excluding steroid dienone is 2. The summed E-state index contributed by atoms with van der Waals surface area (Å²) in [7, 11) is 0. The van der Waals surface area contributed by atoms with E-state index in [1.807, 2.05) is 18.4 Å². The van der Waals surface area contributed by atoms with E-state index in [9.17, 15) is 0 Å². The fraction of sp³-hybridized carbons (Fsp3) is 0.571. The van der Waals surface area contributed by atoms with Crippen LogP contribution in [0.15, 0.2) is 18.4 Å². The molecule has 0 saturated heterocycles. The Hall–Kier alpha value is -1.29. The van der Waals surface area contributed by atoms with Gasteiger partial charge in [-0.25, -0.2) is 0 Å². The van der Waals surface area contributed by atoms with Crippen LogP contribution in [0, 0.1) is 0 Å². The summed E-state index contributed by atoms with van der Waals surface area (Å²) in [5, 5.41) is 11.7. The van der Waals surface area contributed by atoms with Crippen LogP contribution in [0.3, 0.4) is 0 Å². The van der Waals surface area contributed by atoms with E-state index in [2.05, 4.69) is 33.9 Å². The molecule has 0 saturated carbocycles. The van der Waals surface area contributed by atoms with Crippen LogP contribution in [-0.2, 0) is 13.0 Å². The summed E-state index contributed by atoms with van der Waals surface area (Å²) in [4.78, 5) is 0. The highest BCUT2D eigenvalue weighted by molar-refractivity contribution is 6.21. The van der Waals surface area contributed by atoms with E-state index in [0.29, 0.717) is 0 Å². The molecule has 2 rings (SSSR count). The molecule has 0 fully saturated rings. The molecule has 1 unspecified atom stereocenters. The maximum absolute atomic E-state index is 5.95. The quantitative estimate of drug-likeness (QED) is 0.495. The molecule has 1 aromatic heterocycles. The average molecular weight is 281 g/mol. The van der Waals surface area contributed by atoms with Crippen LogP contribution in [0.4, 0.5) is 0 Å². The number of hydrogen-bond donors (Lipinski definition) is 1. The second-order valence-corrected chi connectivity index (χ2v) is 5.14. The number of nitrogens with one attached hydrogen (secondary N) is 1. The predicted octanol–water partition coefficient (Wildman–Crippen LogP) is 3.10. The lowest BCUT2D eigenvalue weighted by atomic mass is 10.2. The van der Waals surface area contributed by atoms with Gasteiger partial charge in [0.1, 0.15) is 11.3 Å². The summed E-state index contributed by atoms with van der Waals surface area (Å²) in [6.07, 6.45) is 10.5. The number of halogens is 1. The van der Waals surface area contributed by atoms with Crippen LogP contribution in [0.2, 0.25) is 0 Å². The normalized spacial score (nSPS) is 18.3. The number of unbranched alkanes of at least 4 members (excludes halogenated alkanes) is 2. The van der Waals surface area contributed by atoms with Crippen molar-refractivity contribution in [1.82, 2.24) is 20.1 Å². The summed E-state index contributed by atoms with van der Waals surface area (Å²) >= 11 is 5.95. The third kappa shape index (κ3) is 3.38. The molecule has 0 amide bonds. The monoisotopic (exact) mass is 280 g/mol. The molecule has 1 atom stereocenters. The van der Waals surface area contributed by atoms with E-state index in [4.69, 9.17) is 11.6 Å². The van der Waals surface area contributed by atoms with Gasteiger partial charge in [-0.3, -0.25) is 0 Å². The lowest BCUT2D eigenvalue weighted by molar-refractivity contribution is 0.637. The Bertz CT molecular complexity index is 476. The van der Waals surface area contributed by atoms with Gasteiger partial charge in [0.25, 0.3) is 0 Å². The van der Waals surface area contributed by atoms with Crippen molar-refractivity contribution in [3.63, 3.8) is 0 Å². The minimum Gasteiger partial charge on any atom is -0.371 e. The summed E-state index contributed by atoms with van der Waals surface area (Å²) in [6.45, 7) is 5.22. The number of dihydropyridines is 1. The molecule has 19 heavy (non-hydrogen) atoms. The molecular formula is C14H21ClN4. The van der Waals surface area contributed by atoms with E-state index in [-0.39, 0.29) is 5.50 Å². The molecular weight excluding hydrogens is 260 g/mol. The van der Waals surface area contributed by atoms with E-state index < -0.39 is 0 Å². The van der Waals surface area contributed by atoms with Crippen molar-refractivity contribution < 1.29 is 0 Å². The molecule has 0 radical (unpaired) electrons. The first kappa shape index (κ1) is 14.1. The first-order valence-electron chi connectivity index (χ1n) is 6.97. The molecule has 1 N–H and O–H groups in total. The van der Waals surface area contributed by atoms with Crippen LogP contribution in [0.25, 0.3) is 5.57 Å². The second-order valence-electron chi connectivity index (χ2n) is 4.67. The molecule has 1 aliphatic rings. The Kier molecular flexibility index (Phi) is 5.02. The van der Waals surface area contributed by atoms with Crippen molar-refractivity contribution in [2.24, 2.45) is 0 Å². The van der Waals surface area contributed by atoms with E-state index in [1.54, 1.807) is 0 Å². The van der Waals surface area contributed by atoms with Gasteiger partial charge < -0.3 is 9.88 Å². The number of hydrogen-bond acceptors (Lipinski definition) is 3. The van der Waals surface area contributed by atoms with Crippen LogP contribution < -0.4 is 5.32 Å². The summed E-state index contributed by atoms with van der Waals surface area (Å²) < 4.78 is 2.18. The topological polar surface area (TPSA) is 42.7 Å². The van der Waals surface area contributed by atoms with Gasteiger partial charge in [-0.1, -0.05) is 37.4 Å². The van der Waals surface area contributed by atoms with Crippen molar-refractivity contribution >= 4 is 17.2 Å². The lowest BCUT2D eigenvalue weighted by Gasteiger charge is -2.13. The van der Waals surface area contributed by atoms with E-state index in [0.717, 1.165) is 30.2 Å². The standard InChI is InChI=1S/C14H21ClN4/c1-3-5-6-7-13-17-18-14(19(13)4-2)11-8-9-12(15)16-10-11/h8-10,12,16H,3-7H2,1-2H3. The predicted molar refractivity (Wildman–Crippen MR) is 78.8 cm³/mol. The lowest BCUT2D eigenvalue weighted by Crippen LogP contribution is -2.19. The number of aromatic nitrogens is 3. The zero-order valence-corrected chi connectivity index (χ0v) is 12.3. The van der Waals surface area contributed by atoms with Gasteiger partial charge in [-0.2, -0.15) is 0 Å². The fourth-order valence-corrected chi connectivity index (χ4v) is 2.34. The molecule has 1 aliphatic heterocycles. The third-order valence-electron chi connectivity index (χ3n) is 3.25. The molecule has 0 bridgehead atoms. The highest BCUT2D eigenvalue weighted by atomic mass is 35.5. The molecule has 104 valence electrons. The van der Waals surface area contributed by atoms with Gasteiger partial charge in [0, 0.05) is 24.7 Å². The third-order valence-corrected chi connectivity index (χ3v) is 3.52. The van der Waals surface area contributed by atoms with Crippen molar-refractivity contribution in [3.8, 4) is 0 Å². The molecule has 0 spiro atoms. The zero-order valence-electron chi connectivity index (χ0n) is 11.6. The molecule has 1 aromatic rings. The number of aryl methyl sites for hydroxylation is 1. The molecule has 0 aromatic carbocycles. The molecule has 5 heteroatoms. The van der Waals surface area contributed by atoms with Gasteiger partial charge in [0.2, 0.25) is 0 Å². The summed E-state index contributed by atoms with van der Waals surface area (Å²) in [5.41, 5.74) is 0.902. The Morgan fingerprint density at radius 1 is 1.32 bits per heavy atom. The van der Waals surface area contributed by atoms with Crippen LogP contribution in [0.5, 0.6) is 0 Å². The van der Waals surface area contributed by atoms with Gasteiger partial charge in [0.05, 0.1) is 0 Å². The van der Waals surface area contributed by atoms with Crippen LogP contribution in [-0.4, -0.2) is 20.3 Å². The van der Waals surface area contributed by atoms with Crippen LogP contribution in [0.1, 0.15) is 44.8 Å². The number of nitrogens with zero attached hydrogens (tertiary/aromatic N) is 3.